The van der Waals surface area contributed by atoms with E-state index in [2.05, 4.69) is 5.32 Å². The molecule has 3 rings (SSSR count). The molecule has 0 bridgehead atoms. The maximum atomic E-state index is 13.7. The van der Waals surface area contributed by atoms with E-state index in [4.69, 9.17) is 21.2 Å². The van der Waals surface area contributed by atoms with Crippen molar-refractivity contribution in [2.75, 3.05) is 12.4 Å². The van der Waals surface area contributed by atoms with Gasteiger partial charge < -0.3 is 14.9 Å². The van der Waals surface area contributed by atoms with Gasteiger partial charge in [0.1, 0.15) is 23.7 Å². The number of halogens is 2. The van der Waals surface area contributed by atoms with E-state index in [-0.39, 0.29) is 17.7 Å². The molecular weight excluding hydrogens is 387 g/mol. The van der Waals surface area contributed by atoms with Crippen LogP contribution in [0.1, 0.15) is 15.9 Å². The number of anilines is 1. The highest BCUT2D eigenvalue weighted by atomic mass is 35.5. The zero-order valence-corrected chi connectivity index (χ0v) is 15.6. The summed E-state index contributed by atoms with van der Waals surface area (Å²) in [6.07, 6.45) is 1.35. The standard InChI is InChI=1S/C20H16ClFN2O4/c1-27-18-9-8-14(21)11-17(18)23-19(25)15-6-4-10-24(20(15)26)28-12-13-5-2-3-7-16(13)22/h2-11H,12H2,1H3,(H,23,25). The molecule has 6 nitrogen and oxygen atoms in total. The van der Waals surface area contributed by atoms with Crippen LogP contribution in [0.15, 0.2) is 65.6 Å². The molecule has 0 aliphatic rings. The van der Waals surface area contributed by atoms with Crippen LogP contribution < -0.4 is 20.5 Å². The van der Waals surface area contributed by atoms with Gasteiger partial charge in [0.25, 0.3) is 11.5 Å². The zero-order chi connectivity index (χ0) is 20.1. The van der Waals surface area contributed by atoms with Crippen LogP contribution in [0.25, 0.3) is 0 Å². The Bertz CT molecular complexity index is 1070. The second kappa shape index (κ2) is 8.58. The van der Waals surface area contributed by atoms with Gasteiger partial charge in [-0.2, -0.15) is 4.73 Å². The lowest BCUT2D eigenvalue weighted by molar-refractivity contribution is 0.0847. The predicted octanol–water partition coefficient (Wildman–Crippen LogP) is 3.53. The number of nitrogens with zero attached hydrogens (tertiary/aromatic N) is 1. The van der Waals surface area contributed by atoms with Gasteiger partial charge in [-0.3, -0.25) is 9.59 Å². The molecule has 0 atom stereocenters. The number of aromatic nitrogens is 1. The predicted molar refractivity (Wildman–Crippen MR) is 103 cm³/mol. The third-order valence-electron chi connectivity index (χ3n) is 3.89. The Balaban J connectivity index is 1.81. The van der Waals surface area contributed by atoms with Crippen LogP contribution in [0.3, 0.4) is 0 Å². The molecule has 0 saturated carbocycles. The van der Waals surface area contributed by atoms with Gasteiger partial charge in [0.2, 0.25) is 0 Å². The highest BCUT2D eigenvalue weighted by Crippen LogP contribution is 2.27. The first-order valence-corrected chi connectivity index (χ1v) is 8.60. The molecule has 2 aromatic carbocycles. The van der Waals surface area contributed by atoms with Crippen molar-refractivity contribution in [1.29, 1.82) is 0 Å². The van der Waals surface area contributed by atoms with Gasteiger partial charge in [0.15, 0.2) is 0 Å². The van der Waals surface area contributed by atoms with Crippen LogP contribution >= 0.6 is 11.6 Å². The molecule has 0 spiro atoms. The highest BCUT2D eigenvalue weighted by Gasteiger charge is 2.15. The van der Waals surface area contributed by atoms with Crippen molar-refractivity contribution < 1.29 is 18.8 Å². The summed E-state index contributed by atoms with van der Waals surface area (Å²) < 4.78 is 19.8. The fourth-order valence-corrected chi connectivity index (χ4v) is 2.64. The smallest absolute Gasteiger partial charge is 0.295 e. The molecule has 1 N–H and O–H groups in total. The van der Waals surface area contributed by atoms with Gasteiger partial charge in [0, 0.05) is 16.8 Å². The maximum Gasteiger partial charge on any atom is 0.295 e. The van der Waals surface area contributed by atoms with Crippen LogP contribution in [0.5, 0.6) is 5.75 Å². The molecule has 28 heavy (non-hydrogen) atoms. The minimum Gasteiger partial charge on any atom is -0.495 e. The number of rotatable bonds is 6. The van der Waals surface area contributed by atoms with E-state index in [0.29, 0.717) is 16.5 Å². The molecular formula is C20H16ClFN2O4. The molecule has 0 aliphatic heterocycles. The summed E-state index contributed by atoms with van der Waals surface area (Å²) in [6.45, 7) is -0.167. The number of pyridine rings is 1. The lowest BCUT2D eigenvalue weighted by Crippen LogP contribution is -2.32. The van der Waals surface area contributed by atoms with Crippen molar-refractivity contribution in [2.24, 2.45) is 0 Å². The molecule has 1 amide bonds. The number of ether oxygens (including phenoxy) is 1. The largest absolute Gasteiger partial charge is 0.495 e. The number of carbonyl (C=O) groups is 1. The molecule has 144 valence electrons. The average Bonchev–Trinajstić information content (AvgIpc) is 2.68. The number of hydrogen-bond acceptors (Lipinski definition) is 4. The van der Waals surface area contributed by atoms with Crippen LogP contribution in [-0.4, -0.2) is 17.7 Å². The molecule has 1 aromatic heterocycles. The van der Waals surface area contributed by atoms with Crippen molar-refractivity contribution in [3.63, 3.8) is 0 Å². The topological polar surface area (TPSA) is 69.6 Å². The molecule has 0 unspecified atom stereocenters. The van der Waals surface area contributed by atoms with E-state index in [1.165, 1.54) is 37.6 Å². The minimum absolute atomic E-state index is 0.155. The minimum atomic E-state index is -0.683. The first kappa shape index (κ1) is 19.4. The Morgan fingerprint density at radius 2 is 1.96 bits per heavy atom. The lowest BCUT2D eigenvalue weighted by Gasteiger charge is -2.12. The summed E-state index contributed by atoms with van der Waals surface area (Å²) in [6, 6.07) is 13.6. The van der Waals surface area contributed by atoms with Gasteiger partial charge in [-0.05, 0) is 36.4 Å². The Kier molecular flexibility index (Phi) is 5.96. The fourth-order valence-electron chi connectivity index (χ4n) is 2.47. The molecule has 0 saturated heterocycles. The summed E-state index contributed by atoms with van der Waals surface area (Å²) in [5, 5.41) is 2.99. The van der Waals surface area contributed by atoms with Crippen molar-refractivity contribution >= 4 is 23.2 Å². The Labute approximate surface area is 165 Å². The van der Waals surface area contributed by atoms with Crippen molar-refractivity contribution in [2.45, 2.75) is 6.61 Å². The van der Waals surface area contributed by atoms with E-state index < -0.39 is 17.3 Å². The van der Waals surface area contributed by atoms with Gasteiger partial charge in [-0.15, -0.1) is 0 Å². The first-order valence-electron chi connectivity index (χ1n) is 8.23. The number of benzene rings is 2. The molecule has 0 aliphatic carbocycles. The average molecular weight is 403 g/mol. The normalized spacial score (nSPS) is 10.4. The Morgan fingerprint density at radius 3 is 2.71 bits per heavy atom. The quantitative estimate of drug-likeness (QED) is 0.684. The number of amides is 1. The first-order chi connectivity index (χ1) is 13.5. The van der Waals surface area contributed by atoms with Gasteiger partial charge in [-0.1, -0.05) is 29.8 Å². The number of nitrogens with one attached hydrogen (secondary N) is 1. The summed E-state index contributed by atoms with van der Waals surface area (Å²) in [5.74, 6) is -0.711. The number of carbonyl (C=O) groups excluding carboxylic acids is 1. The van der Waals surface area contributed by atoms with Crippen LogP contribution in [0, 0.1) is 5.82 Å². The SMILES string of the molecule is COc1ccc(Cl)cc1NC(=O)c1cccn(OCc2ccccc2F)c1=O. The lowest BCUT2D eigenvalue weighted by atomic mass is 10.2. The van der Waals surface area contributed by atoms with Gasteiger partial charge >= 0.3 is 0 Å². The summed E-state index contributed by atoms with van der Waals surface area (Å²) >= 11 is 5.95. The number of hydrogen-bond donors (Lipinski definition) is 1. The highest BCUT2D eigenvalue weighted by molar-refractivity contribution is 6.31. The third kappa shape index (κ3) is 4.32. The van der Waals surface area contributed by atoms with Crippen LogP contribution in [0.4, 0.5) is 10.1 Å². The third-order valence-corrected chi connectivity index (χ3v) is 4.12. The second-order valence-corrected chi connectivity index (χ2v) is 6.15. The van der Waals surface area contributed by atoms with Crippen LogP contribution in [-0.2, 0) is 6.61 Å². The Morgan fingerprint density at radius 1 is 1.18 bits per heavy atom. The van der Waals surface area contributed by atoms with Gasteiger partial charge in [-0.25, -0.2) is 4.39 Å². The monoisotopic (exact) mass is 402 g/mol. The molecule has 0 radical (unpaired) electrons. The zero-order valence-electron chi connectivity index (χ0n) is 14.8. The number of methoxy groups -OCH3 is 1. The maximum absolute atomic E-state index is 13.7. The molecule has 1 heterocycles. The second-order valence-electron chi connectivity index (χ2n) is 5.72. The molecule has 8 heteroatoms. The van der Waals surface area contributed by atoms with Crippen molar-refractivity contribution in [1.82, 2.24) is 4.73 Å². The van der Waals surface area contributed by atoms with Crippen molar-refractivity contribution in [3.05, 3.63) is 93.1 Å². The van der Waals surface area contributed by atoms with E-state index in [1.807, 2.05) is 0 Å². The van der Waals surface area contributed by atoms with E-state index in [9.17, 15) is 14.0 Å². The fraction of sp³-hybridized carbons (Fsp3) is 0.100. The van der Waals surface area contributed by atoms with Gasteiger partial charge in [0.05, 0.1) is 12.8 Å². The van der Waals surface area contributed by atoms with Crippen molar-refractivity contribution in [3.8, 4) is 5.75 Å². The molecule has 3 aromatic rings. The molecule has 0 fully saturated rings. The summed E-state index contributed by atoms with van der Waals surface area (Å²) in [4.78, 5) is 30.5. The van der Waals surface area contributed by atoms with Crippen LogP contribution in [0.2, 0.25) is 5.02 Å². The van der Waals surface area contributed by atoms with E-state index in [1.54, 1.807) is 30.3 Å². The Hall–Kier alpha value is -3.32. The van der Waals surface area contributed by atoms with E-state index >= 15 is 0 Å². The van der Waals surface area contributed by atoms with E-state index in [0.717, 1.165) is 4.73 Å². The summed E-state index contributed by atoms with van der Waals surface area (Å²) in [7, 11) is 1.45. The summed E-state index contributed by atoms with van der Waals surface area (Å²) in [5.41, 5.74) is -0.231.